The lowest BCUT2D eigenvalue weighted by molar-refractivity contribution is 1.24. The molecule has 55 heavy (non-hydrogen) atoms. The van der Waals surface area contributed by atoms with E-state index in [-0.39, 0.29) is 0 Å². The summed E-state index contributed by atoms with van der Waals surface area (Å²) in [4.78, 5) is 4.93. The van der Waals surface area contributed by atoms with Gasteiger partial charge in [-0.1, -0.05) is 170 Å². The fraction of sp³-hybridized carbons (Fsp3) is 0. The number of rotatable bonds is 8. The van der Waals surface area contributed by atoms with Gasteiger partial charge in [-0.3, -0.25) is 0 Å². The Morgan fingerprint density at radius 3 is 1.60 bits per heavy atom. The van der Waals surface area contributed by atoms with Crippen molar-refractivity contribution in [1.82, 2.24) is 0 Å². The second-order valence-electron chi connectivity index (χ2n) is 13.7. The normalized spacial score (nSPS) is 11.3. The molecule has 0 aliphatic rings. The largest absolute Gasteiger partial charge is 0.308 e. The molecule has 3 heteroatoms. The number of thiophene rings is 1. The Kier molecular flexibility index (Phi) is 8.40. The highest BCUT2D eigenvalue weighted by molar-refractivity contribution is 7.27. The van der Waals surface area contributed by atoms with Gasteiger partial charge < -0.3 is 9.80 Å². The van der Waals surface area contributed by atoms with Crippen molar-refractivity contribution in [2.75, 3.05) is 9.80 Å². The molecule has 0 saturated carbocycles. The van der Waals surface area contributed by atoms with Crippen molar-refractivity contribution in [3.8, 4) is 22.3 Å². The maximum atomic E-state index is 2.47. The average Bonchev–Trinajstić information content (AvgIpc) is 3.66. The van der Waals surface area contributed by atoms with Crippen LogP contribution >= 0.6 is 11.3 Å². The van der Waals surface area contributed by atoms with Gasteiger partial charge in [0.15, 0.2) is 0 Å². The molecule has 0 bridgehead atoms. The summed E-state index contributed by atoms with van der Waals surface area (Å²) in [5, 5.41) is 5.05. The van der Waals surface area contributed by atoms with E-state index in [4.69, 9.17) is 0 Å². The summed E-state index contributed by atoms with van der Waals surface area (Å²) in [5.74, 6) is 0. The van der Waals surface area contributed by atoms with E-state index < -0.39 is 0 Å². The molecule has 1 aromatic heterocycles. The third-order valence-electron chi connectivity index (χ3n) is 10.4. The molecule has 1 heterocycles. The number of hydrogen-bond donors (Lipinski definition) is 0. The Morgan fingerprint density at radius 2 is 0.855 bits per heavy atom. The van der Waals surface area contributed by atoms with Crippen molar-refractivity contribution in [3.63, 3.8) is 0 Å². The van der Waals surface area contributed by atoms with E-state index in [0.29, 0.717) is 0 Å². The number of nitrogens with zero attached hydrogens (tertiary/aromatic N) is 2. The minimum atomic E-state index is 1.09. The predicted molar refractivity (Wildman–Crippen MR) is 237 cm³/mol. The molecule has 0 N–H and O–H groups in total. The standard InChI is InChI=1S/C52H36N2S/c1-5-18-37(19-6-1)40-23-17-28-43(36-40)53(41-24-9-3-10-25-41)50-49(35-34-47-46-33-32-39-22-13-14-30-45(39)51(46)55-52(47)50)54(42-26-11-4-12-27-42)48-31-16-15-29-44(48)38-20-7-2-8-21-38/h1-36H. The van der Waals surface area contributed by atoms with Crippen LogP contribution in [-0.4, -0.2) is 0 Å². The van der Waals surface area contributed by atoms with Crippen LogP contribution in [0, 0.1) is 0 Å². The van der Waals surface area contributed by atoms with E-state index in [1.54, 1.807) is 0 Å². The van der Waals surface area contributed by atoms with Gasteiger partial charge in [0, 0.05) is 38.1 Å². The first-order chi connectivity index (χ1) is 27.3. The van der Waals surface area contributed by atoms with Gasteiger partial charge in [-0.05, 0) is 76.0 Å². The zero-order valence-corrected chi connectivity index (χ0v) is 30.9. The highest BCUT2D eigenvalue weighted by Crippen LogP contribution is 2.54. The highest BCUT2D eigenvalue weighted by Gasteiger charge is 2.28. The van der Waals surface area contributed by atoms with Gasteiger partial charge in [-0.15, -0.1) is 11.3 Å². The molecule has 0 radical (unpaired) electrons. The number of benzene rings is 9. The summed E-state index contributed by atoms with van der Waals surface area (Å²) in [6.07, 6.45) is 0. The van der Waals surface area contributed by atoms with Gasteiger partial charge in [0.25, 0.3) is 0 Å². The van der Waals surface area contributed by atoms with E-state index in [1.165, 1.54) is 47.6 Å². The summed E-state index contributed by atoms with van der Waals surface area (Å²) >= 11 is 1.89. The lowest BCUT2D eigenvalue weighted by atomic mass is 10.00. The average molecular weight is 721 g/mol. The third kappa shape index (κ3) is 5.92. The van der Waals surface area contributed by atoms with E-state index >= 15 is 0 Å². The van der Waals surface area contributed by atoms with Gasteiger partial charge in [-0.2, -0.15) is 0 Å². The van der Waals surface area contributed by atoms with Gasteiger partial charge in [0.2, 0.25) is 0 Å². The molecule has 0 unspecified atom stereocenters. The van der Waals surface area contributed by atoms with Crippen LogP contribution in [0.25, 0.3) is 53.2 Å². The minimum Gasteiger partial charge on any atom is -0.308 e. The molecule has 0 amide bonds. The van der Waals surface area contributed by atoms with Crippen molar-refractivity contribution in [1.29, 1.82) is 0 Å². The van der Waals surface area contributed by atoms with Crippen LogP contribution in [0.2, 0.25) is 0 Å². The number of hydrogen-bond acceptors (Lipinski definition) is 3. The SMILES string of the molecule is c1ccc(-c2cccc(N(c3ccccc3)c3c(N(c4ccccc4)c4ccccc4-c4ccccc4)ccc4c3sc3c5ccccc5ccc43)c2)cc1. The maximum Gasteiger partial charge on any atom is 0.0883 e. The molecular weight excluding hydrogens is 685 g/mol. The van der Waals surface area contributed by atoms with E-state index in [9.17, 15) is 0 Å². The number of anilines is 6. The zero-order valence-electron chi connectivity index (χ0n) is 30.1. The summed E-state index contributed by atoms with van der Waals surface area (Å²) in [6.45, 7) is 0. The predicted octanol–water partition coefficient (Wildman–Crippen LogP) is 15.5. The molecule has 9 aromatic carbocycles. The van der Waals surface area contributed by atoms with Gasteiger partial charge in [-0.25, -0.2) is 0 Å². The number of para-hydroxylation sites is 3. The van der Waals surface area contributed by atoms with Crippen molar-refractivity contribution in [2.45, 2.75) is 0 Å². The quantitative estimate of drug-likeness (QED) is 0.154. The Labute approximate surface area is 325 Å². The summed E-state index contributed by atoms with van der Waals surface area (Å²) in [7, 11) is 0. The summed E-state index contributed by atoms with van der Waals surface area (Å²) < 4.78 is 2.53. The lowest BCUT2D eigenvalue weighted by Gasteiger charge is -2.34. The van der Waals surface area contributed by atoms with Gasteiger partial charge >= 0.3 is 0 Å². The first-order valence-electron chi connectivity index (χ1n) is 18.7. The summed E-state index contributed by atoms with van der Waals surface area (Å²) in [6, 6.07) is 78.8. The van der Waals surface area contributed by atoms with Crippen LogP contribution < -0.4 is 9.80 Å². The van der Waals surface area contributed by atoms with Crippen molar-refractivity contribution >= 4 is 76.4 Å². The Morgan fingerprint density at radius 1 is 0.309 bits per heavy atom. The Balaban J connectivity index is 1.34. The zero-order chi connectivity index (χ0) is 36.6. The fourth-order valence-electron chi connectivity index (χ4n) is 7.89. The molecule has 10 aromatic rings. The fourth-order valence-corrected chi connectivity index (χ4v) is 9.26. The molecule has 0 fully saturated rings. The van der Waals surface area contributed by atoms with Crippen LogP contribution in [0.4, 0.5) is 34.1 Å². The van der Waals surface area contributed by atoms with Crippen LogP contribution in [0.15, 0.2) is 218 Å². The van der Waals surface area contributed by atoms with Crippen molar-refractivity contribution in [2.24, 2.45) is 0 Å². The Bertz CT molecular complexity index is 2920. The minimum absolute atomic E-state index is 1.09. The van der Waals surface area contributed by atoms with Crippen LogP contribution in [0.5, 0.6) is 0 Å². The van der Waals surface area contributed by atoms with Crippen LogP contribution in [0.3, 0.4) is 0 Å². The number of fused-ring (bicyclic) bond motifs is 5. The third-order valence-corrected chi connectivity index (χ3v) is 11.7. The van der Waals surface area contributed by atoms with Gasteiger partial charge in [0.05, 0.1) is 21.8 Å². The molecular formula is C52H36N2S. The monoisotopic (exact) mass is 720 g/mol. The molecule has 0 aliphatic heterocycles. The Hall–Kier alpha value is -6.94. The second-order valence-corrected chi connectivity index (χ2v) is 14.7. The van der Waals surface area contributed by atoms with E-state index in [1.807, 2.05) is 11.3 Å². The molecule has 0 saturated heterocycles. The second kappa shape index (κ2) is 14.1. The van der Waals surface area contributed by atoms with Crippen molar-refractivity contribution < 1.29 is 0 Å². The molecule has 0 aliphatic carbocycles. The smallest absolute Gasteiger partial charge is 0.0883 e. The van der Waals surface area contributed by atoms with E-state index in [2.05, 4.69) is 228 Å². The van der Waals surface area contributed by atoms with Gasteiger partial charge in [0.1, 0.15) is 0 Å². The molecule has 0 spiro atoms. The first-order valence-corrected chi connectivity index (χ1v) is 19.5. The van der Waals surface area contributed by atoms with Crippen LogP contribution in [0.1, 0.15) is 0 Å². The lowest BCUT2D eigenvalue weighted by Crippen LogP contribution is -2.17. The first kappa shape index (κ1) is 32.7. The molecule has 260 valence electrons. The maximum absolute atomic E-state index is 2.47. The van der Waals surface area contributed by atoms with Crippen LogP contribution in [-0.2, 0) is 0 Å². The summed E-state index contributed by atoms with van der Waals surface area (Å²) in [5.41, 5.74) is 11.3. The molecule has 10 rings (SSSR count). The van der Waals surface area contributed by atoms with Crippen molar-refractivity contribution in [3.05, 3.63) is 218 Å². The molecule has 2 nitrogen and oxygen atoms in total. The topological polar surface area (TPSA) is 6.48 Å². The molecule has 0 atom stereocenters. The van der Waals surface area contributed by atoms with E-state index in [0.717, 1.165) is 39.7 Å². The highest BCUT2D eigenvalue weighted by atomic mass is 32.1.